The summed E-state index contributed by atoms with van der Waals surface area (Å²) in [5.74, 6) is 0.0872. The van der Waals surface area contributed by atoms with Crippen molar-refractivity contribution in [3.05, 3.63) is 60.2 Å². The van der Waals surface area contributed by atoms with Crippen LogP contribution in [0.1, 0.15) is 12.0 Å². The summed E-state index contributed by atoms with van der Waals surface area (Å²) in [4.78, 5) is 18.8. The Morgan fingerprint density at radius 2 is 1.80 bits per heavy atom. The third kappa shape index (κ3) is 6.55. The average molecular weight is 340 g/mol. The van der Waals surface area contributed by atoms with Crippen molar-refractivity contribution in [3.8, 4) is 0 Å². The van der Waals surface area contributed by atoms with E-state index in [1.807, 2.05) is 73.6 Å². The fraction of sp³-hybridized carbons (Fsp3) is 0.263. The van der Waals surface area contributed by atoms with Crippen LogP contribution in [0.25, 0.3) is 0 Å². The Balaban J connectivity index is 1.71. The van der Waals surface area contributed by atoms with E-state index in [2.05, 4.69) is 10.5 Å². The van der Waals surface area contributed by atoms with Crippen LogP contribution in [0.2, 0.25) is 0 Å². The second-order valence-corrected chi connectivity index (χ2v) is 5.83. The molecule has 0 radical (unpaired) electrons. The minimum absolute atomic E-state index is 0.179. The summed E-state index contributed by atoms with van der Waals surface area (Å²) in [5, 5.41) is 6.53. The van der Waals surface area contributed by atoms with Gasteiger partial charge >= 0.3 is 0 Å². The van der Waals surface area contributed by atoms with Gasteiger partial charge in [-0.1, -0.05) is 35.5 Å². The van der Waals surface area contributed by atoms with Crippen molar-refractivity contribution >= 4 is 23.1 Å². The lowest BCUT2D eigenvalue weighted by molar-refractivity contribution is -0.120. The van der Waals surface area contributed by atoms with Gasteiger partial charge in [0.05, 0.1) is 0 Å². The molecule has 0 heterocycles. The summed E-state index contributed by atoms with van der Waals surface area (Å²) < 4.78 is 0. The molecule has 0 saturated heterocycles. The quantitative estimate of drug-likeness (QED) is 0.440. The first kappa shape index (κ1) is 18.3. The highest BCUT2D eigenvalue weighted by Gasteiger charge is 2.04. The number of hydrogen-bond acceptors (Lipinski definition) is 4. The molecule has 0 fully saturated rings. The molecule has 2 aromatic carbocycles. The maximum atomic E-state index is 11.8. The number of aryl methyl sites for hydroxylation is 1. The van der Waals surface area contributed by atoms with Crippen LogP contribution < -0.4 is 16.0 Å². The normalized spacial score (nSPS) is 11.0. The number of benzene rings is 2. The van der Waals surface area contributed by atoms with Crippen molar-refractivity contribution in [3.63, 3.8) is 0 Å². The van der Waals surface area contributed by atoms with Crippen LogP contribution in [0.4, 0.5) is 11.4 Å². The molecule has 1 amide bonds. The average Bonchev–Trinajstić information content (AvgIpc) is 2.61. The van der Waals surface area contributed by atoms with E-state index in [9.17, 15) is 4.79 Å². The van der Waals surface area contributed by atoms with Crippen LogP contribution in [0.3, 0.4) is 0 Å². The van der Waals surface area contributed by atoms with Crippen molar-refractivity contribution in [2.45, 2.75) is 12.8 Å². The Bertz CT molecular complexity index is 697. The van der Waals surface area contributed by atoms with Crippen molar-refractivity contribution < 1.29 is 9.63 Å². The van der Waals surface area contributed by atoms with Crippen molar-refractivity contribution in [1.82, 2.24) is 0 Å². The minimum Gasteiger partial charge on any atom is -0.384 e. The molecule has 0 spiro atoms. The van der Waals surface area contributed by atoms with Gasteiger partial charge in [0.2, 0.25) is 0 Å². The zero-order valence-corrected chi connectivity index (χ0v) is 14.6. The molecule has 0 aliphatic heterocycles. The van der Waals surface area contributed by atoms with Crippen LogP contribution in [0, 0.1) is 0 Å². The number of nitrogens with zero attached hydrogens (tertiary/aromatic N) is 2. The SMILES string of the molecule is CN(C)c1ccc(NC(=O)CO/N=C(\N)CCc2ccccc2)cc1. The van der Waals surface area contributed by atoms with Gasteiger partial charge in [-0.2, -0.15) is 0 Å². The number of carbonyl (C=O) groups excluding carboxylic acids is 1. The van der Waals surface area contributed by atoms with Gasteiger partial charge in [-0.05, 0) is 36.2 Å². The van der Waals surface area contributed by atoms with Crippen molar-refractivity contribution in [1.29, 1.82) is 0 Å². The van der Waals surface area contributed by atoms with Crippen LogP contribution in [-0.4, -0.2) is 32.4 Å². The molecule has 0 aliphatic carbocycles. The van der Waals surface area contributed by atoms with Crippen LogP contribution >= 0.6 is 0 Å². The molecule has 3 N–H and O–H groups in total. The summed E-state index contributed by atoms with van der Waals surface area (Å²) in [7, 11) is 3.92. The van der Waals surface area contributed by atoms with E-state index >= 15 is 0 Å². The molecule has 0 atom stereocenters. The minimum atomic E-state index is -0.280. The number of amides is 1. The summed E-state index contributed by atoms with van der Waals surface area (Å²) in [6, 6.07) is 17.5. The van der Waals surface area contributed by atoms with Gasteiger partial charge in [0.25, 0.3) is 5.91 Å². The third-order valence-corrected chi connectivity index (χ3v) is 3.56. The highest BCUT2D eigenvalue weighted by molar-refractivity contribution is 5.92. The van der Waals surface area contributed by atoms with Gasteiger partial charge in [0, 0.05) is 31.9 Å². The molecule has 6 nitrogen and oxygen atoms in total. The van der Waals surface area contributed by atoms with E-state index in [-0.39, 0.29) is 12.5 Å². The number of hydrogen-bond donors (Lipinski definition) is 2. The summed E-state index contributed by atoms with van der Waals surface area (Å²) >= 11 is 0. The maximum Gasteiger partial charge on any atom is 0.265 e. The lowest BCUT2D eigenvalue weighted by Gasteiger charge is -2.12. The molecule has 25 heavy (non-hydrogen) atoms. The first-order valence-corrected chi connectivity index (χ1v) is 8.10. The Hall–Kier alpha value is -3.02. The Kier molecular flexibility index (Phi) is 6.83. The molecule has 2 rings (SSSR count). The molecule has 0 aliphatic rings. The fourth-order valence-corrected chi connectivity index (χ4v) is 2.18. The number of rotatable bonds is 8. The van der Waals surface area contributed by atoms with Crippen LogP contribution in [0.5, 0.6) is 0 Å². The van der Waals surface area contributed by atoms with Crippen molar-refractivity contribution in [2.75, 3.05) is 30.9 Å². The van der Waals surface area contributed by atoms with Crippen LogP contribution in [0.15, 0.2) is 59.8 Å². The van der Waals surface area contributed by atoms with E-state index in [0.29, 0.717) is 17.9 Å². The number of carbonyl (C=O) groups is 1. The van der Waals surface area contributed by atoms with E-state index in [1.165, 1.54) is 5.56 Å². The maximum absolute atomic E-state index is 11.8. The first-order valence-electron chi connectivity index (χ1n) is 8.10. The molecule has 2 aromatic rings. The number of nitrogens with two attached hydrogens (primary N) is 1. The van der Waals surface area contributed by atoms with Gasteiger partial charge in [-0.3, -0.25) is 4.79 Å². The molecule has 6 heteroatoms. The van der Waals surface area contributed by atoms with Gasteiger partial charge < -0.3 is 20.8 Å². The standard InChI is InChI=1S/C19H24N4O2/c1-23(2)17-11-9-16(10-12-17)21-19(24)14-25-22-18(20)13-8-15-6-4-3-5-7-15/h3-7,9-12H,8,13-14H2,1-2H3,(H2,20,22)(H,21,24). The highest BCUT2D eigenvalue weighted by Crippen LogP contribution is 2.15. The molecule has 0 bridgehead atoms. The number of anilines is 2. The second-order valence-electron chi connectivity index (χ2n) is 5.83. The monoisotopic (exact) mass is 340 g/mol. The Labute approximate surface area is 148 Å². The smallest absolute Gasteiger partial charge is 0.265 e. The Morgan fingerprint density at radius 3 is 2.44 bits per heavy atom. The van der Waals surface area contributed by atoms with Crippen molar-refractivity contribution in [2.24, 2.45) is 10.9 Å². The lowest BCUT2D eigenvalue weighted by Crippen LogP contribution is -2.19. The molecule has 0 aromatic heterocycles. The summed E-state index contributed by atoms with van der Waals surface area (Å²) in [6.45, 7) is -0.179. The summed E-state index contributed by atoms with van der Waals surface area (Å²) in [5.41, 5.74) is 8.74. The zero-order valence-electron chi connectivity index (χ0n) is 14.6. The number of nitrogens with one attached hydrogen (secondary N) is 1. The molecule has 0 unspecified atom stereocenters. The number of amidine groups is 1. The topological polar surface area (TPSA) is 80.0 Å². The van der Waals surface area contributed by atoms with E-state index < -0.39 is 0 Å². The van der Waals surface area contributed by atoms with E-state index in [1.54, 1.807) is 0 Å². The largest absolute Gasteiger partial charge is 0.384 e. The van der Waals surface area contributed by atoms with Gasteiger partial charge in [0.1, 0.15) is 5.84 Å². The predicted molar refractivity (Wildman–Crippen MR) is 102 cm³/mol. The van der Waals surface area contributed by atoms with Crippen LogP contribution in [-0.2, 0) is 16.1 Å². The zero-order chi connectivity index (χ0) is 18.1. The molecular formula is C19H24N4O2. The second kappa shape index (κ2) is 9.32. The van der Waals surface area contributed by atoms with E-state index in [0.717, 1.165) is 12.1 Å². The first-order chi connectivity index (χ1) is 12.0. The number of oxime groups is 1. The predicted octanol–water partition coefficient (Wildman–Crippen LogP) is 2.61. The van der Waals surface area contributed by atoms with E-state index in [4.69, 9.17) is 10.6 Å². The fourth-order valence-electron chi connectivity index (χ4n) is 2.18. The third-order valence-electron chi connectivity index (χ3n) is 3.56. The van der Waals surface area contributed by atoms with Gasteiger partial charge in [-0.25, -0.2) is 0 Å². The van der Waals surface area contributed by atoms with Gasteiger partial charge in [0.15, 0.2) is 6.61 Å². The van der Waals surface area contributed by atoms with Gasteiger partial charge in [-0.15, -0.1) is 0 Å². The lowest BCUT2D eigenvalue weighted by atomic mass is 10.1. The molecular weight excluding hydrogens is 316 g/mol. The summed E-state index contributed by atoms with van der Waals surface area (Å²) in [6.07, 6.45) is 1.36. The Morgan fingerprint density at radius 1 is 1.12 bits per heavy atom. The highest BCUT2D eigenvalue weighted by atomic mass is 16.6. The molecule has 0 saturated carbocycles. The molecule has 132 valence electrons.